The molecular weight excluding hydrogens is 538 g/mol. The average Bonchev–Trinajstić information content (AvgIpc) is 3.61. The van der Waals surface area contributed by atoms with Crippen molar-refractivity contribution < 1.29 is 53.5 Å². The fraction of sp³-hybridized carbons (Fsp3) is 0.100. The number of rotatable bonds is 3. The van der Waals surface area contributed by atoms with E-state index in [0.717, 1.165) is 30.4 Å². The summed E-state index contributed by atoms with van der Waals surface area (Å²) in [5, 5.41) is 0. The molecule has 0 unspecified atom stereocenters. The summed E-state index contributed by atoms with van der Waals surface area (Å²) in [5.74, 6) is 0. The summed E-state index contributed by atoms with van der Waals surface area (Å²) in [6.45, 7) is 0. The van der Waals surface area contributed by atoms with E-state index in [1.165, 1.54) is 52.1 Å². The number of benzene rings is 3. The van der Waals surface area contributed by atoms with Gasteiger partial charge in [-0.3, -0.25) is 0 Å². The van der Waals surface area contributed by atoms with Crippen molar-refractivity contribution in [3.05, 3.63) is 138 Å². The predicted octanol–water partition coefficient (Wildman–Crippen LogP) is 1.07. The zero-order valence-electron chi connectivity index (χ0n) is 18.7. The third-order valence-corrected chi connectivity index (χ3v) is 5.83. The van der Waals surface area contributed by atoms with Gasteiger partial charge in [-0.1, -0.05) is 53.4 Å². The quantitative estimate of drug-likeness (QED) is 0.300. The maximum absolute atomic E-state index is 4.93. The van der Waals surface area contributed by atoms with Crippen LogP contribution in [0.3, 0.4) is 0 Å². The molecule has 0 spiro atoms. The van der Waals surface area contributed by atoms with Gasteiger partial charge in [0.05, 0.1) is 6.26 Å². The molecule has 0 amide bonds. The number of fused-ring (bicyclic) bond motifs is 3. The van der Waals surface area contributed by atoms with Gasteiger partial charge in [-0.2, -0.15) is 47.6 Å². The summed E-state index contributed by atoms with van der Waals surface area (Å²) < 4.78 is 7.18. The van der Waals surface area contributed by atoms with Crippen LogP contribution in [0.4, 0.5) is 0 Å². The Morgan fingerprint density at radius 2 is 1.65 bits per heavy atom. The molecule has 4 aromatic rings. The van der Waals surface area contributed by atoms with E-state index in [2.05, 4.69) is 88.7 Å². The minimum Gasteiger partial charge on any atom is -0.179 e. The van der Waals surface area contributed by atoms with E-state index in [9.17, 15) is 0 Å². The molecule has 0 radical (unpaired) electrons. The fourth-order valence-electron chi connectivity index (χ4n) is 3.75. The topological polar surface area (TPSA) is 13.1 Å². The summed E-state index contributed by atoms with van der Waals surface area (Å²) >= 11 is 1.51. The zero-order chi connectivity index (χ0) is 22.0. The summed E-state index contributed by atoms with van der Waals surface area (Å²) in [5.41, 5.74) is 9.19. The molecule has 4 heteroatoms. The van der Waals surface area contributed by atoms with E-state index in [0.29, 0.717) is 0 Å². The van der Waals surface area contributed by atoms with Crippen molar-refractivity contribution in [3.8, 4) is 11.1 Å². The molecule has 2 aliphatic carbocycles. The van der Waals surface area contributed by atoms with Crippen molar-refractivity contribution in [2.75, 3.05) is 0 Å². The van der Waals surface area contributed by atoms with Crippen LogP contribution < -0.4 is 24.8 Å². The molecule has 1 heterocycles. The van der Waals surface area contributed by atoms with Crippen LogP contribution in [0.2, 0.25) is 0 Å². The smallest absolute Gasteiger partial charge is 0.0253 e. The molecule has 0 saturated heterocycles. The third-order valence-electron chi connectivity index (χ3n) is 5.32. The summed E-state index contributed by atoms with van der Waals surface area (Å²) in [4.78, 5) is 0. The Balaban J connectivity index is 0.000000179. The van der Waals surface area contributed by atoms with Crippen LogP contribution in [0, 0.1) is 12.1 Å². The van der Waals surface area contributed by atoms with Crippen LogP contribution in [0.15, 0.2) is 108 Å². The molecule has 0 N–H and O–H groups in total. The molecule has 1 nitrogen and oxygen atoms in total. The maximum Gasteiger partial charge on any atom is -0.0253 e. The summed E-state index contributed by atoms with van der Waals surface area (Å²) in [6.07, 6.45) is 13.9. The van der Waals surface area contributed by atoms with E-state index in [1.54, 1.807) is 12.5 Å². The Bertz CT molecular complexity index is 1170. The monoisotopic (exact) mass is 560 g/mol. The van der Waals surface area contributed by atoms with Gasteiger partial charge in [0.1, 0.15) is 0 Å². The van der Waals surface area contributed by atoms with Gasteiger partial charge in [-0.05, 0) is 6.42 Å². The predicted molar refractivity (Wildman–Crippen MR) is 129 cm³/mol. The molecule has 0 saturated carbocycles. The van der Waals surface area contributed by atoms with Gasteiger partial charge in [0.15, 0.2) is 0 Å². The first kappa shape index (κ1) is 28.0. The van der Waals surface area contributed by atoms with Crippen LogP contribution in [0.25, 0.3) is 16.7 Å². The van der Waals surface area contributed by atoms with Gasteiger partial charge < -0.3 is 29.2 Å². The number of halogens is 2. The molecule has 2 aliphatic rings. The second-order valence-electron chi connectivity index (χ2n) is 7.50. The zero-order valence-corrected chi connectivity index (χ0v) is 22.6. The first-order valence-electron chi connectivity index (χ1n) is 10.8. The molecule has 34 heavy (non-hydrogen) atoms. The molecule has 0 fully saturated rings. The van der Waals surface area contributed by atoms with Crippen molar-refractivity contribution in [3.63, 3.8) is 0 Å². The van der Waals surface area contributed by atoms with E-state index in [1.807, 2.05) is 18.2 Å². The molecule has 170 valence electrons. The Kier molecular flexibility index (Phi) is 12.3. The van der Waals surface area contributed by atoms with E-state index >= 15 is 0 Å². The second kappa shape index (κ2) is 14.9. The van der Waals surface area contributed by atoms with Gasteiger partial charge in [0.2, 0.25) is 0 Å². The van der Waals surface area contributed by atoms with Gasteiger partial charge in [0, 0.05) is 6.26 Å². The molecule has 0 aliphatic heterocycles. The number of allylic oxidation sites excluding steroid dienone is 4. The van der Waals surface area contributed by atoms with Crippen molar-refractivity contribution in [2.24, 2.45) is 0 Å². The fourth-order valence-corrected chi connectivity index (χ4v) is 4.33. The van der Waals surface area contributed by atoms with E-state index in [4.69, 9.17) is 4.42 Å². The number of hydrogen-bond donors (Lipinski definition) is 0. The standard InChI is InChI=1S/C13H9.C9H7O.C8H8.2ClH.Zr/c1-3-7-12-10(5-1)9-11-6-2-4-8-13(11)12;1-2-4-8(3-1)9-5-6-10-7-9;1-2-8-6-4-3-5-7-8;;;/h1-5,7-8H,9H2;1,3,5-7H,2H2;1,3-7H,2H2;2*1H;/q2*-1;;;;+2/p-2. The van der Waals surface area contributed by atoms with Gasteiger partial charge in [0.25, 0.3) is 0 Å². The Labute approximate surface area is 229 Å². The Morgan fingerprint density at radius 3 is 2.35 bits per heavy atom. The molecular formula is C30H24Cl2OZr-2. The largest absolute Gasteiger partial charge is 0.179 e. The Morgan fingerprint density at radius 1 is 0.882 bits per heavy atom. The van der Waals surface area contributed by atoms with Crippen LogP contribution in [-0.2, 0) is 37.1 Å². The molecule has 6 rings (SSSR count). The Hall–Kier alpha value is -2.25. The summed E-state index contributed by atoms with van der Waals surface area (Å²) in [7, 11) is 0. The van der Waals surface area contributed by atoms with Gasteiger partial charge >= 0.3 is 70.3 Å². The van der Waals surface area contributed by atoms with Crippen LogP contribution >= 0.6 is 0 Å². The molecule has 3 aromatic carbocycles. The number of hydrogen-bond acceptors (Lipinski definition) is 1. The SMILES string of the molecule is [C-]1=C(c2ccoc2)C=CC1.[Cl-].[Cl-].[Zr+2]=[CH]Cc1ccccc1.[c-]1cccc2c1Cc1ccccc1-2. The van der Waals surface area contributed by atoms with Crippen LogP contribution in [0.5, 0.6) is 0 Å². The molecule has 1 aromatic heterocycles. The molecule has 0 bridgehead atoms. The van der Waals surface area contributed by atoms with Crippen molar-refractivity contribution in [1.29, 1.82) is 0 Å². The third kappa shape index (κ3) is 7.64. The minimum atomic E-state index is 0. The minimum absolute atomic E-state index is 0. The van der Waals surface area contributed by atoms with E-state index in [-0.39, 0.29) is 24.8 Å². The van der Waals surface area contributed by atoms with Crippen LogP contribution in [0.1, 0.15) is 28.7 Å². The normalized spacial score (nSPS) is 11.8. The molecule has 0 atom stereocenters. The first-order valence-corrected chi connectivity index (χ1v) is 12.2. The van der Waals surface area contributed by atoms with Crippen molar-refractivity contribution in [2.45, 2.75) is 19.3 Å². The van der Waals surface area contributed by atoms with Crippen molar-refractivity contribution >= 4 is 9.28 Å². The average molecular weight is 563 g/mol. The van der Waals surface area contributed by atoms with E-state index < -0.39 is 0 Å². The first-order chi connectivity index (χ1) is 15.8. The maximum atomic E-state index is 4.93. The van der Waals surface area contributed by atoms with Crippen LogP contribution in [-0.4, -0.2) is 3.71 Å². The second-order valence-corrected chi connectivity index (χ2v) is 8.50. The van der Waals surface area contributed by atoms with Crippen molar-refractivity contribution in [1.82, 2.24) is 0 Å². The number of furan rings is 1. The van der Waals surface area contributed by atoms with Gasteiger partial charge in [-0.15, -0.1) is 11.6 Å². The summed E-state index contributed by atoms with van der Waals surface area (Å²) in [6, 6.07) is 30.6. The van der Waals surface area contributed by atoms with Gasteiger partial charge in [-0.25, -0.2) is 0 Å².